The molecule has 0 spiro atoms. The van der Waals surface area contributed by atoms with Crippen LogP contribution in [0.1, 0.15) is 20.3 Å². The van der Waals surface area contributed by atoms with Crippen LogP contribution in [-0.4, -0.2) is 63.1 Å². The molecule has 0 aromatic heterocycles. The minimum Gasteiger partial charge on any atom is -0.469 e. The zero-order valence-electron chi connectivity index (χ0n) is 12.6. The molecule has 0 aliphatic rings. The van der Waals surface area contributed by atoms with Crippen molar-refractivity contribution in [2.45, 2.75) is 20.3 Å². The number of nitrogens with one attached hydrogen (secondary N) is 1. The second kappa shape index (κ2) is 10.2. The Bertz CT molecular complexity index is 333. The van der Waals surface area contributed by atoms with Gasteiger partial charge in [0, 0.05) is 33.7 Å². The monoisotopic (exact) mass is 288 g/mol. The van der Waals surface area contributed by atoms with Crippen molar-refractivity contribution in [3.05, 3.63) is 0 Å². The SMILES string of the molecule is COCC(=O)N(CCCNC(C)=O)CC(C)C(=O)OC. The summed E-state index contributed by atoms with van der Waals surface area (Å²) in [5, 5.41) is 2.66. The summed E-state index contributed by atoms with van der Waals surface area (Å²) in [6.45, 7) is 4.31. The van der Waals surface area contributed by atoms with Crippen LogP contribution in [0.15, 0.2) is 0 Å². The van der Waals surface area contributed by atoms with Crippen LogP contribution in [0.2, 0.25) is 0 Å². The Kier molecular flexibility index (Phi) is 9.36. The Morgan fingerprint density at radius 1 is 1.25 bits per heavy atom. The minimum absolute atomic E-state index is 0.0337. The standard InChI is InChI=1S/C13H24N2O5/c1-10(13(18)20-4)8-15(12(17)9-19-3)7-5-6-14-11(2)16/h10H,5-9H2,1-4H3,(H,14,16). The lowest BCUT2D eigenvalue weighted by molar-refractivity contribution is -0.147. The first-order valence-electron chi connectivity index (χ1n) is 6.51. The largest absolute Gasteiger partial charge is 0.469 e. The number of hydrogen-bond acceptors (Lipinski definition) is 5. The third kappa shape index (κ3) is 7.73. The van der Waals surface area contributed by atoms with Crippen LogP contribution in [0.4, 0.5) is 0 Å². The second-order valence-electron chi connectivity index (χ2n) is 4.53. The van der Waals surface area contributed by atoms with Crippen molar-refractivity contribution < 1.29 is 23.9 Å². The van der Waals surface area contributed by atoms with Gasteiger partial charge in [-0.3, -0.25) is 14.4 Å². The Morgan fingerprint density at radius 2 is 1.90 bits per heavy atom. The summed E-state index contributed by atoms with van der Waals surface area (Å²) in [6.07, 6.45) is 0.614. The van der Waals surface area contributed by atoms with E-state index in [1.807, 2.05) is 0 Å². The van der Waals surface area contributed by atoms with Gasteiger partial charge < -0.3 is 19.7 Å². The first kappa shape index (κ1) is 18.4. The average Bonchev–Trinajstić information content (AvgIpc) is 2.40. The zero-order valence-corrected chi connectivity index (χ0v) is 12.6. The van der Waals surface area contributed by atoms with E-state index >= 15 is 0 Å². The maximum atomic E-state index is 11.9. The molecule has 0 radical (unpaired) electrons. The molecule has 0 aliphatic heterocycles. The van der Waals surface area contributed by atoms with E-state index in [9.17, 15) is 14.4 Å². The van der Waals surface area contributed by atoms with Crippen molar-refractivity contribution in [1.82, 2.24) is 10.2 Å². The molecule has 0 saturated carbocycles. The molecule has 7 heteroatoms. The van der Waals surface area contributed by atoms with E-state index in [0.29, 0.717) is 19.5 Å². The van der Waals surface area contributed by atoms with Crippen molar-refractivity contribution in [2.24, 2.45) is 5.92 Å². The molecule has 20 heavy (non-hydrogen) atoms. The second-order valence-corrected chi connectivity index (χ2v) is 4.53. The van der Waals surface area contributed by atoms with E-state index < -0.39 is 5.92 Å². The summed E-state index contributed by atoms with van der Waals surface area (Å²) in [4.78, 5) is 35.6. The molecule has 1 N–H and O–H groups in total. The Balaban J connectivity index is 4.37. The van der Waals surface area contributed by atoms with Crippen molar-refractivity contribution in [3.8, 4) is 0 Å². The molecule has 7 nitrogen and oxygen atoms in total. The highest BCUT2D eigenvalue weighted by atomic mass is 16.5. The van der Waals surface area contributed by atoms with Crippen LogP contribution in [-0.2, 0) is 23.9 Å². The van der Waals surface area contributed by atoms with E-state index in [-0.39, 0.29) is 30.9 Å². The van der Waals surface area contributed by atoms with Crippen molar-refractivity contribution in [3.63, 3.8) is 0 Å². The summed E-state index contributed by atoms with van der Waals surface area (Å²) < 4.78 is 9.46. The number of ether oxygens (including phenoxy) is 2. The van der Waals surface area contributed by atoms with Gasteiger partial charge >= 0.3 is 5.97 Å². The predicted octanol–water partition coefficient (Wildman–Crippen LogP) is -0.203. The van der Waals surface area contributed by atoms with Gasteiger partial charge in [-0.15, -0.1) is 0 Å². The molecule has 0 rings (SSSR count). The molecule has 0 aliphatic carbocycles. The molecule has 0 bridgehead atoms. The summed E-state index contributed by atoms with van der Waals surface area (Å²) in [7, 11) is 2.76. The van der Waals surface area contributed by atoms with E-state index in [2.05, 4.69) is 10.1 Å². The van der Waals surface area contributed by atoms with Crippen LogP contribution >= 0.6 is 0 Å². The number of nitrogens with zero attached hydrogens (tertiary/aromatic N) is 1. The van der Waals surface area contributed by atoms with Crippen molar-refractivity contribution >= 4 is 17.8 Å². The molecule has 2 amide bonds. The Labute approximate surface area is 119 Å². The van der Waals surface area contributed by atoms with Crippen LogP contribution < -0.4 is 5.32 Å². The first-order chi connectivity index (χ1) is 9.42. The Hall–Kier alpha value is -1.63. The lowest BCUT2D eigenvalue weighted by Gasteiger charge is -2.24. The normalized spacial score (nSPS) is 11.6. The fourth-order valence-corrected chi connectivity index (χ4v) is 1.67. The maximum Gasteiger partial charge on any atom is 0.310 e. The van der Waals surface area contributed by atoms with Gasteiger partial charge in [-0.2, -0.15) is 0 Å². The van der Waals surface area contributed by atoms with Crippen molar-refractivity contribution in [1.29, 1.82) is 0 Å². The molecule has 0 saturated heterocycles. The topological polar surface area (TPSA) is 84.9 Å². The number of rotatable bonds is 9. The fourth-order valence-electron chi connectivity index (χ4n) is 1.67. The third-order valence-electron chi connectivity index (χ3n) is 2.70. The minimum atomic E-state index is -0.401. The van der Waals surface area contributed by atoms with E-state index in [1.165, 1.54) is 21.1 Å². The van der Waals surface area contributed by atoms with Gasteiger partial charge in [0.25, 0.3) is 0 Å². The van der Waals surface area contributed by atoms with Gasteiger partial charge in [0.2, 0.25) is 11.8 Å². The third-order valence-corrected chi connectivity index (χ3v) is 2.70. The molecule has 0 fully saturated rings. The predicted molar refractivity (Wildman–Crippen MR) is 72.9 cm³/mol. The van der Waals surface area contributed by atoms with E-state index in [1.54, 1.807) is 11.8 Å². The zero-order chi connectivity index (χ0) is 15.5. The highest BCUT2D eigenvalue weighted by Crippen LogP contribution is 2.04. The Morgan fingerprint density at radius 3 is 2.40 bits per heavy atom. The number of carbonyl (C=O) groups is 3. The molecule has 0 aromatic rings. The number of esters is 1. The van der Waals surface area contributed by atoms with Gasteiger partial charge in [-0.05, 0) is 6.42 Å². The summed E-state index contributed by atoms with van der Waals surface area (Å²) in [6, 6.07) is 0. The van der Waals surface area contributed by atoms with Gasteiger partial charge in [-0.25, -0.2) is 0 Å². The quantitative estimate of drug-likeness (QED) is 0.469. The number of amides is 2. The van der Waals surface area contributed by atoms with Gasteiger partial charge in [0.05, 0.1) is 13.0 Å². The van der Waals surface area contributed by atoms with Gasteiger partial charge in [-0.1, -0.05) is 6.92 Å². The van der Waals surface area contributed by atoms with Crippen LogP contribution in [0, 0.1) is 5.92 Å². The number of hydrogen-bond donors (Lipinski definition) is 1. The van der Waals surface area contributed by atoms with Crippen LogP contribution in [0.5, 0.6) is 0 Å². The van der Waals surface area contributed by atoms with Gasteiger partial charge in [0.15, 0.2) is 0 Å². The lowest BCUT2D eigenvalue weighted by Crippen LogP contribution is -2.40. The molecule has 0 aromatic carbocycles. The van der Waals surface area contributed by atoms with Gasteiger partial charge in [0.1, 0.15) is 6.61 Å². The number of methoxy groups -OCH3 is 2. The van der Waals surface area contributed by atoms with Crippen molar-refractivity contribution in [2.75, 3.05) is 40.5 Å². The molecule has 1 atom stereocenters. The first-order valence-corrected chi connectivity index (χ1v) is 6.51. The average molecular weight is 288 g/mol. The van der Waals surface area contributed by atoms with E-state index in [0.717, 1.165) is 0 Å². The van der Waals surface area contributed by atoms with E-state index in [4.69, 9.17) is 4.74 Å². The number of carbonyl (C=O) groups excluding carboxylic acids is 3. The maximum absolute atomic E-state index is 11.9. The molecule has 1 unspecified atom stereocenters. The molecule has 116 valence electrons. The highest BCUT2D eigenvalue weighted by Gasteiger charge is 2.21. The summed E-state index contributed by atoms with van der Waals surface area (Å²) in [5.41, 5.74) is 0. The smallest absolute Gasteiger partial charge is 0.310 e. The summed E-state index contributed by atoms with van der Waals surface area (Å²) >= 11 is 0. The van der Waals surface area contributed by atoms with Crippen LogP contribution in [0.3, 0.4) is 0 Å². The molecule has 0 heterocycles. The van der Waals surface area contributed by atoms with Crippen LogP contribution in [0.25, 0.3) is 0 Å². The molecular weight excluding hydrogens is 264 g/mol. The fraction of sp³-hybridized carbons (Fsp3) is 0.769. The molecular formula is C13H24N2O5. The summed E-state index contributed by atoms with van der Waals surface area (Å²) in [5.74, 6) is -1.06. The highest BCUT2D eigenvalue weighted by molar-refractivity contribution is 5.79. The lowest BCUT2D eigenvalue weighted by atomic mass is 10.1.